The predicted molar refractivity (Wildman–Crippen MR) is 62.9 cm³/mol. The molecule has 0 saturated carbocycles. The van der Waals surface area contributed by atoms with Gasteiger partial charge in [-0.3, -0.25) is 0 Å². The lowest BCUT2D eigenvalue weighted by Crippen LogP contribution is -1.90. The highest BCUT2D eigenvalue weighted by Gasteiger charge is 2.05. The molecule has 0 aliphatic carbocycles. The minimum atomic E-state index is 0.788. The van der Waals surface area contributed by atoms with Gasteiger partial charge in [-0.2, -0.15) is 0 Å². The number of aryl methyl sites for hydroxylation is 1. The molecule has 0 aromatic carbocycles. The van der Waals surface area contributed by atoms with E-state index in [-0.39, 0.29) is 0 Å². The summed E-state index contributed by atoms with van der Waals surface area (Å²) in [5.41, 5.74) is 1.43. The van der Waals surface area contributed by atoms with Crippen molar-refractivity contribution in [2.24, 2.45) is 5.92 Å². The Morgan fingerprint density at radius 1 is 1.42 bits per heavy atom. The zero-order valence-corrected chi connectivity index (χ0v) is 11.2. The summed E-state index contributed by atoms with van der Waals surface area (Å²) < 4.78 is 2.49. The molecule has 0 bridgehead atoms. The molecule has 0 aliphatic rings. The Bertz CT molecular complexity index is 253. The van der Waals surface area contributed by atoms with Crippen LogP contribution in [0.3, 0.4) is 0 Å². The van der Waals surface area contributed by atoms with E-state index >= 15 is 0 Å². The van der Waals surface area contributed by atoms with Gasteiger partial charge in [0.25, 0.3) is 0 Å². The molecular weight excluding hydrogens is 300 g/mol. The molecule has 12 heavy (non-hydrogen) atoms. The fourth-order valence-corrected chi connectivity index (χ4v) is 3.90. The topological polar surface area (TPSA) is 0 Å². The number of halogens is 2. The van der Waals surface area contributed by atoms with Crippen molar-refractivity contribution in [1.29, 1.82) is 0 Å². The van der Waals surface area contributed by atoms with Crippen molar-refractivity contribution >= 4 is 43.2 Å². The first kappa shape index (κ1) is 10.7. The first-order valence-electron chi connectivity index (χ1n) is 4.03. The molecule has 0 N–H and O–H groups in total. The van der Waals surface area contributed by atoms with Gasteiger partial charge in [-0.15, -0.1) is 11.3 Å². The van der Waals surface area contributed by atoms with Crippen LogP contribution < -0.4 is 0 Å². The van der Waals surface area contributed by atoms with Crippen LogP contribution in [0.1, 0.15) is 25.8 Å². The van der Waals surface area contributed by atoms with E-state index in [2.05, 4.69) is 51.8 Å². The fraction of sp³-hybridized carbons (Fsp3) is 0.556. The smallest absolute Gasteiger partial charge is 0.0742 e. The van der Waals surface area contributed by atoms with Gasteiger partial charge in [-0.25, -0.2) is 0 Å². The lowest BCUT2D eigenvalue weighted by Gasteiger charge is -2.02. The Morgan fingerprint density at radius 2 is 2.08 bits per heavy atom. The monoisotopic (exact) mass is 310 g/mol. The van der Waals surface area contributed by atoms with Gasteiger partial charge in [0, 0.05) is 0 Å². The van der Waals surface area contributed by atoms with Gasteiger partial charge in [0.15, 0.2) is 0 Å². The summed E-state index contributed by atoms with van der Waals surface area (Å²) in [6.45, 7) is 4.52. The van der Waals surface area contributed by atoms with E-state index < -0.39 is 0 Å². The zero-order chi connectivity index (χ0) is 9.14. The van der Waals surface area contributed by atoms with Gasteiger partial charge in [0.2, 0.25) is 0 Å². The third-order valence-corrected chi connectivity index (χ3v) is 4.18. The maximum absolute atomic E-state index is 3.56. The Kier molecular flexibility index (Phi) is 4.27. The molecule has 0 spiro atoms. The molecule has 1 heterocycles. The molecule has 0 fully saturated rings. The SMILES string of the molecule is CC(C)CCc1cc(Br)sc1Br. The minimum absolute atomic E-state index is 0.788. The van der Waals surface area contributed by atoms with Crippen molar-refractivity contribution in [2.45, 2.75) is 26.7 Å². The lowest BCUT2D eigenvalue weighted by molar-refractivity contribution is 0.586. The van der Waals surface area contributed by atoms with Crippen molar-refractivity contribution in [3.05, 3.63) is 19.2 Å². The first-order valence-corrected chi connectivity index (χ1v) is 6.43. The van der Waals surface area contributed by atoms with Crippen molar-refractivity contribution in [3.63, 3.8) is 0 Å². The molecule has 0 saturated heterocycles. The largest absolute Gasteiger partial charge is 0.121 e. The summed E-state index contributed by atoms with van der Waals surface area (Å²) in [4.78, 5) is 0. The fourth-order valence-electron chi connectivity index (χ4n) is 0.989. The average Bonchev–Trinajstić information content (AvgIpc) is 2.26. The quantitative estimate of drug-likeness (QED) is 0.747. The van der Waals surface area contributed by atoms with E-state index in [1.807, 2.05) is 0 Å². The van der Waals surface area contributed by atoms with E-state index in [1.54, 1.807) is 11.3 Å². The van der Waals surface area contributed by atoms with Gasteiger partial charge >= 0.3 is 0 Å². The number of hydrogen-bond donors (Lipinski definition) is 0. The third-order valence-electron chi connectivity index (χ3n) is 1.72. The summed E-state index contributed by atoms with van der Waals surface area (Å²) >= 11 is 8.79. The number of thiophene rings is 1. The van der Waals surface area contributed by atoms with Crippen LogP contribution in [0.25, 0.3) is 0 Å². The highest BCUT2D eigenvalue weighted by Crippen LogP contribution is 2.32. The molecule has 0 nitrogen and oxygen atoms in total. The molecule has 0 unspecified atom stereocenters. The third kappa shape index (κ3) is 3.19. The van der Waals surface area contributed by atoms with E-state index in [0.717, 1.165) is 5.92 Å². The van der Waals surface area contributed by atoms with Gasteiger partial charge in [0.1, 0.15) is 0 Å². The summed E-state index contributed by atoms with van der Waals surface area (Å²) in [7, 11) is 0. The Balaban J connectivity index is 2.57. The van der Waals surface area contributed by atoms with E-state index in [4.69, 9.17) is 0 Å². The molecule has 1 aromatic heterocycles. The maximum Gasteiger partial charge on any atom is 0.0742 e. The molecular formula is C9H12Br2S. The molecule has 3 heteroatoms. The van der Waals surface area contributed by atoms with Crippen molar-refractivity contribution in [1.82, 2.24) is 0 Å². The molecule has 68 valence electrons. The van der Waals surface area contributed by atoms with E-state index in [1.165, 1.54) is 26.0 Å². The lowest BCUT2D eigenvalue weighted by atomic mass is 10.1. The molecule has 0 radical (unpaired) electrons. The molecule has 0 aliphatic heterocycles. The van der Waals surface area contributed by atoms with Gasteiger partial charge in [0.05, 0.1) is 7.57 Å². The van der Waals surface area contributed by atoms with E-state index in [0.29, 0.717) is 0 Å². The van der Waals surface area contributed by atoms with Crippen LogP contribution in [0, 0.1) is 5.92 Å². The normalized spacial score (nSPS) is 11.1. The zero-order valence-electron chi connectivity index (χ0n) is 7.23. The Morgan fingerprint density at radius 3 is 2.50 bits per heavy atom. The van der Waals surface area contributed by atoms with Gasteiger partial charge < -0.3 is 0 Å². The number of rotatable bonds is 3. The highest BCUT2D eigenvalue weighted by atomic mass is 79.9. The van der Waals surface area contributed by atoms with Crippen LogP contribution in [-0.2, 0) is 6.42 Å². The van der Waals surface area contributed by atoms with Gasteiger partial charge in [-0.1, -0.05) is 13.8 Å². The summed E-state index contributed by atoms with van der Waals surface area (Å²) in [6, 6.07) is 2.21. The van der Waals surface area contributed by atoms with Crippen LogP contribution >= 0.6 is 43.2 Å². The predicted octanol–water partition coefficient (Wildman–Crippen LogP) is 4.86. The van der Waals surface area contributed by atoms with E-state index in [9.17, 15) is 0 Å². The first-order chi connectivity index (χ1) is 5.59. The number of hydrogen-bond acceptors (Lipinski definition) is 1. The summed E-state index contributed by atoms with van der Waals surface area (Å²) in [5, 5.41) is 0. The van der Waals surface area contributed by atoms with Crippen LogP contribution in [0.2, 0.25) is 0 Å². The minimum Gasteiger partial charge on any atom is -0.121 e. The summed E-state index contributed by atoms with van der Waals surface area (Å²) in [6.07, 6.45) is 2.45. The molecule has 0 amide bonds. The summed E-state index contributed by atoms with van der Waals surface area (Å²) in [5.74, 6) is 0.788. The van der Waals surface area contributed by atoms with Gasteiger partial charge in [-0.05, 0) is 62.2 Å². The second-order valence-electron chi connectivity index (χ2n) is 3.28. The molecule has 1 rings (SSSR count). The second-order valence-corrected chi connectivity index (χ2v) is 7.03. The second kappa shape index (κ2) is 4.77. The molecule has 1 aromatic rings. The highest BCUT2D eigenvalue weighted by molar-refractivity contribution is 9.12. The molecule has 0 atom stereocenters. The van der Waals surface area contributed by atoms with Crippen molar-refractivity contribution in [2.75, 3.05) is 0 Å². The maximum atomic E-state index is 3.56. The standard InChI is InChI=1S/C9H12Br2S/c1-6(2)3-4-7-5-8(10)12-9(7)11/h5-6H,3-4H2,1-2H3. The Hall–Kier alpha value is 0.660. The average molecular weight is 312 g/mol. The van der Waals surface area contributed by atoms with Crippen LogP contribution in [0.5, 0.6) is 0 Å². The van der Waals surface area contributed by atoms with Crippen molar-refractivity contribution < 1.29 is 0 Å². The van der Waals surface area contributed by atoms with Crippen LogP contribution in [0.4, 0.5) is 0 Å². The van der Waals surface area contributed by atoms with Crippen LogP contribution in [0.15, 0.2) is 13.6 Å². The van der Waals surface area contributed by atoms with Crippen LogP contribution in [-0.4, -0.2) is 0 Å². The van der Waals surface area contributed by atoms with Crippen molar-refractivity contribution in [3.8, 4) is 0 Å². The Labute approximate surface area is 94.6 Å².